The van der Waals surface area contributed by atoms with Gasteiger partial charge in [0.05, 0.1) is 20.3 Å². The first-order valence-corrected chi connectivity index (χ1v) is 9.50. The highest BCUT2D eigenvalue weighted by molar-refractivity contribution is 6.04. The fraction of sp³-hybridized carbons (Fsp3) is 0.250. The number of esters is 2. The van der Waals surface area contributed by atoms with E-state index in [-0.39, 0.29) is 6.42 Å². The van der Waals surface area contributed by atoms with Gasteiger partial charge in [-0.05, 0) is 28.0 Å². The van der Waals surface area contributed by atoms with E-state index >= 15 is 0 Å². The highest BCUT2D eigenvalue weighted by Gasteiger charge is 2.59. The Morgan fingerprint density at radius 2 is 1.52 bits per heavy atom. The quantitative estimate of drug-likeness (QED) is 0.502. The molecule has 1 aliphatic heterocycles. The Kier molecular flexibility index (Phi) is 4.74. The zero-order valence-corrected chi connectivity index (χ0v) is 16.7. The molecule has 0 N–H and O–H groups in total. The molecule has 0 aliphatic carbocycles. The average molecular weight is 389 g/mol. The van der Waals surface area contributed by atoms with Crippen LogP contribution in [0.3, 0.4) is 0 Å². The van der Waals surface area contributed by atoms with E-state index in [1.807, 2.05) is 78.7 Å². The Morgan fingerprint density at radius 3 is 2.24 bits per heavy atom. The summed E-state index contributed by atoms with van der Waals surface area (Å²) in [5.74, 6) is -1.19. The predicted octanol–water partition coefficient (Wildman–Crippen LogP) is 3.91. The lowest BCUT2D eigenvalue weighted by molar-refractivity contribution is -0.171. The van der Waals surface area contributed by atoms with Gasteiger partial charge >= 0.3 is 11.9 Å². The van der Waals surface area contributed by atoms with Crippen LogP contribution in [0.15, 0.2) is 66.7 Å². The fourth-order valence-electron chi connectivity index (χ4n) is 4.65. The van der Waals surface area contributed by atoms with E-state index in [9.17, 15) is 9.59 Å². The van der Waals surface area contributed by atoms with Crippen LogP contribution in [0.1, 0.15) is 17.2 Å². The molecule has 0 saturated carbocycles. The van der Waals surface area contributed by atoms with Crippen LogP contribution >= 0.6 is 0 Å². The van der Waals surface area contributed by atoms with Gasteiger partial charge in [-0.1, -0.05) is 60.7 Å². The maximum atomic E-state index is 13.2. The number of methoxy groups -OCH3 is 2. The van der Waals surface area contributed by atoms with Crippen LogP contribution < -0.4 is 4.90 Å². The van der Waals surface area contributed by atoms with Gasteiger partial charge in [0, 0.05) is 19.2 Å². The first-order valence-electron chi connectivity index (χ1n) is 9.50. The van der Waals surface area contributed by atoms with E-state index < -0.39 is 23.4 Å². The summed E-state index contributed by atoms with van der Waals surface area (Å²) in [5, 5.41) is 2.03. The molecule has 4 rings (SSSR count). The van der Waals surface area contributed by atoms with Gasteiger partial charge in [-0.3, -0.25) is 9.59 Å². The summed E-state index contributed by atoms with van der Waals surface area (Å²) in [7, 11) is 4.53. The van der Waals surface area contributed by atoms with Crippen LogP contribution in [0, 0.1) is 5.41 Å². The van der Waals surface area contributed by atoms with Crippen molar-refractivity contribution in [3.8, 4) is 0 Å². The molecule has 0 saturated heterocycles. The molecule has 0 radical (unpaired) electrons. The molecule has 0 fully saturated rings. The minimum absolute atomic E-state index is 0.209. The molecule has 3 aromatic carbocycles. The topological polar surface area (TPSA) is 55.8 Å². The van der Waals surface area contributed by atoms with Crippen LogP contribution in [0.5, 0.6) is 0 Å². The number of hydrogen-bond donors (Lipinski definition) is 0. The molecule has 0 unspecified atom stereocenters. The van der Waals surface area contributed by atoms with Gasteiger partial charge in [0.15, 0.2) is 5.41 Å². The van der Waals surface area contributed by atoms with Gasteiger partial charge in [-0.25, -0.2) is 0 Å². The summed E-state index contributed by atoms with van der Waals surface area (Å²) in [6.45, 7) is 0. The van der Waals surface area contributed by atoms with Crippen molar-refractivity contribution in [1.29, 1.82) is 0 Å². The number of benzene rings is 3. The predicted molar refractivity (Wildman–Crippen MR) is 112 cm³/mol. The van der Waals surface area contributed by atoms with Crippen molar-refractivity contribution < 1.29 is 19.1 Å². The normalized spacial score (nSPS) is 17.5. The van der Waals surface area contributed by atoms with E-state index in [0.29, 0.717) is 0 Å². The molecule has 5 heteroatoms. The molecule has 0 spiro atoms. The van der Waals surface area contributed by atoms with Crippen LogP contribution in [0.4, 0.5) is 5.69 Å². The lowest BCUT2D eigenvalue weighted by Crippen LogP contribution is -2.55. The molecule has 0 bridgehead atoms. The summed E-state index contributed by atoms with van der Waals surface area (Å²) in [6.07, 6.45) is 0.209. The first kappa shape index (κ1) is 19.0. The number of hydrogen-bond acceptors (Lipinski definition) is 5. The van der Waals surface area contributed by atoms with Crippen LogP contribution in [-0.2, 0) is 25.5 Å². The Morgan fingerprint density at radius 1 is 0.897 bits per heavy atom. The minimum atomic E-state index is -1.52. The van der Waals surface area contributed by atoms with Gasteiger partial charge in [-0.15, -0.1) is 0 Å². The molecule has 1 heterocycles. The highest BCUT2D eigenvalue weighted by Crippen LogP contribution is 2.51. The zero-order chi connectivity index (χ0) is 20.6. The van der Waals surface area contributed by atoms with Crippen molar-refractivity contribution in [3.63, 3.8) is 0 Å². The molecule has 1 atom stereocenters. The lowest BCUT2D eigenvalue weighted by atomic mass is 9.68. The lowest BCUT2D eigenvalue weighted by Gasteiger charge is -2.47. The second-order valence-corrected chi connectivity index (χ2v) is 7.34. The van der Waals surface area contributed by atoms with E-state index in [1.54, 1.807) is 0 Å². The second kappa shape index (κ2) is 7.24. The number of carbonyl (C=O) groups excluding carboxylic acids is 2. The maximum Gasteiger partial charge on any atom is 0.326 e. The van der Waals surface area contributed by atoms with Crippen molar-refractivity contribution >= 4 is 28.4 Å². The van der Waals surface area contributed by atoms with Crippen LogP contribution in [0.25, 0.3) is 10.8 Å². The number of fused-ring (bicyclic) bond motifs is 2. The number of carbonyl (C=O) groups is 2. The molecule has 148 valence electrons. The van der Waals surface area contributed by atoms with Gasteiger partial charge in [0.1, 0.15) is 0 Å². The van der Waals surface area contributed by atoms with Gasteiger partial charge < -0.3 is 14.4 Å². The molecule has 1 aliphatic rings. The summed E-state index contributed by atoms with van der Waals surface area (Å²) in [4.78, 5) is 28.4. The molecular formula is C24H23NO4. The van der Waals surface area contributed by atoms with Crippen molar-refractivity contribution in [3.05, 3.63) is 77.9 Å². The molecular weight excluding hydrogens is 366 g/mol. The monoisotopic (exact) mass is 389 g/mol. The summed E-state index contributed by atoms with van der Waals surface area (Å²) < 4.78 is 10.4. The standard InChI is InChI=1S/C24H23NO4/c1-25-20-14-7-5-10-17(20)15-24(22(26)28-2,23(27)29-3)21(25)19-13-8-11-16-9-4-6-12-18(16)19/h4-14,21H,15H2,1-3H3/t21-/m0/s1. The number of ether oxygens (including phenoxy) is 2. The minimum Gasteiger partial charge on any atom is -0.468 e. The Labute approximate surface area is 169 Å². The number of rotatable bonds is 3. The van der Waals surface area contributed by atoms with Crippen molar-refractivity contribution in [1.82, 2.24) is 0 Å². The molecule has 29 heavy (non-hydrogen) atoms. The molecule has 0 aromatic heterocycles. The van der Waals surface area contributed by atoms with Gasteiger partial charge in [0.2, 0.25) is 0 Å². The smallest absolute Gasteiger partial charge is 0.326 e. The maximum absolute atomic E-state index is 13.2. The summed E-state index contributed by atoms with van der Waals surface area (Å²) in [6, 6.07) is 21.1. The van der Waals surface area contributed by atoms with Crippen molar-refractivity contribution in [2.24, 2.45) is 5.41 Å². The van der Waals surface area contributed by atoms with E-state index in [2.05, 4.69) is 0 Å². The second-order valence-electron chi connectivity index (χ2n) is 7.34. The Bertz CT molecular complexity index is 1070. The van der Waals surface area contributed by atoms with E-state index in [1.165, 1.54) is 14.2 Å². The third-order valence-electron chi connectivity index (χ3n) is 5.91. The van der Waals surface area contributed by atoms with Crippen molar-refractivity contribution in [2.45, 2.75) is 12.5 Å². The SMILES string of the molecule is COC(=O)C1(C(=O)OC)Cc2ccccc2N(C)[C@H]1c1cccc2ccccc12. The highest BCUT2D eigenvalue weighted by atomic mass is 16.5. The number of nitrogens with zero attached hydrogens (tertiary/aromatic N) is 1. The largest absolute Gasteiger partial charge is 0.468 e. The number of anilines is 1. The summed E-state index contributed by atoms with van der Waals surface area (Å²) in [5.41, 5.74) is 1.25. The van der Waals surface area contributed by atoms with E-state index in [0.717, 1.165) is 27.6 Å². The molecule has 0 amide bonds. The number of para-hydroxylation sites is 1. The fourth-order valence-corrected chi connectivity index (χ4v) is 4.65. The average Bonchev–Trinajstić information content (AvgIpc) is 2.77. The third kappa shape index (κ3) is 2.77. The van der Waals surface area contributed by atoms with Gasteiger partial charge in [0.25, 0.3) is 0 Å². The zero-order valence-electron chi connectivity index (χ0n) is 16.7. The third-order valence-corrected chi connectivity index (χ3v) is 5.91. The molecule has 5 nitrogen and oxygen atoms in total. The Hall–Kier alpha value is -3.34. The molecule has 3 aromatic rings. The van der Waals surface area contributed by atoms with E-state index in [4.69, 9.17) is 9.47 Å². The van der Waals surface area contributed by atoms with Crippen LogP contribution in [0.2, 0.25) is 0 Å². The van der Waals surface area contributed by atoms with Crippen molar-refractivity contribution in [2.75, 3.05) is 26.2 Å². The summed E-state index contributed by atoms with van der Waals surface area (Å²) >= 11 is 0. The first-order chi connectivity index (χ1) is 14.0. The van der Waals surface area contributed by atoms with Gasteiger partial charge in [-0.2, -0.15) is 0 Å². The Balaban J connectivity index is 2.06. The van der Waals surface area contributed by atoms with Crippen LogP contribution in [-0.4, -0.2) is 33.2 Å².